The fourth-order valence-corrected chi connectivity index (χ4v) is 2.77. The van der Waals surface area contributed by atoms with Gasteiger partial charge in [-0.25, -0.2) is 4.79 Å². The highest BCUT2D eigenvalue weighted by molar-refractivity contribution is 9.13. The Kier molecular flexibility index (Phi) is 4.90. The van der Waals surface area contributed by atoms with E-state index in [9.17, 15) is 9.59 Å². The molecule has 0 fully saturated rings. The predicted molar refractivity (Wildman–Crippen MR) is 65.7 cm³/mol. The molecule has 0 bridgehead atoms. The van der Waals surface area contributed by atoms with Crippen LogP contribution in [0.1, 0.15) is 9.67 Å². The third kappa shape index (κ3) is 3.55. The van der Waals surface area contributed by atoms with Crippen LogP contribution in [0.4, 0.5) is 0 Å². The van der Waals surface area contributed by atoms with Crippen LogP contribution in [0.25, 0.3) is 0 Å². The van der Waals surface area contributed by atoms with Crippen LogP contribution in [0.3, 0.4) is 0 Å². The van der Waals surface area contributed by atoms with Crippen LogP contribution >= 0.6 is 43.2 Å². The Hall–Kier alpha value is -0.440. The SMILES string of the molecule is O=C(NC[C@H](O)C(=O)O)c1cc(Br)c(Br)s1. The average Bonchev–Trinajstić information content (AvgIpc) is 2.55. The molecular formula is C8H7Br2NO4S. The van der Waals surface area contributed by atoms with Gasteiger partial charge in [0, 0.05) is 4.47 Å². The third-order valence-electron chi connectivity index (χ3n) is 1.61. The number of thiophene rings is 1. The minimum Gasteiger partial charge on any atom is -0.479 e. The second-order valence-electron chi connectivity index (χ2n) is 2.80. The number of aliphatic hydroxyl groups excluding tert-OH is 1. The van der Waals surface area contributed by atoms with Crippen LogP contribution < -0.4 is 5.32 Å². The van der Waals surface area contributed by atoms with E-state index in [1.165, 1.54) is 11.3 Å². The predicted octanol–water partition coefficient (Wildman–Crippen LogP) is 1.45. The zero-order valence-electron chi connectivity index (χ0n) is 7.74. The van der Waals surface area contributed by atoms with E-state index in [0.717, 1.165) is 8.26 Å². The summed E-state index contributed by atoms with van der Waals surface area (Å²) in [5.74, 6) is -1.79. The van der Waals surface area contributed by atoms with Crippen molar-refractivity contribution in [1.29, 1.82) is 0 Å². The number of rotatable bonds is 4. The van der Waals surface area contributed by atoms with Gasteiger partial charge in [0.2, 0.25) is 0 Å². The first kappa shape index (κ1) is 13.6. The molecular weight excluding hydrogens is 366 g/mol. The number of carboxylic acids is 1. The van der Waals surface area contributed by atoms with Crippen molar-refractivity contribution in [3.05, 3.63) is 19.2 Å². The first-order valence-electron chi connectivity index (χ1n) is 4.05. The van der Waals surface area contributed by atoms with Crippen molar-refractivity contribution >= 4 is 55.1 Å². The molecule has 0 unspecified atom stereocenters. The number of carbonyl (C=O) groups is 2. The topological polar surface area (TPSA) is 86.6 Å². The standard InChI is InChI=1S/C8H7Br2NO4S/c9-3-1-5(16-6(3)10)7(13)11-2-4(12)8(14)15/h1,4,12H,2H2,(H,11,13)(H,14,15)/t4-/m0/s1. The maximum atomic E-state index is 11.5. The number of amides is 1. The van der Waals surface area contributed by atoms with Gasteiger partial charge in [-0.15, -0.1) is 11.3 Å². The number of hydrogen-bond donors (Lipinski definition) is 3. The highest BCUT2D eigenvalue weighted by Crippen LogP contribution is 2.32. The van der Waals surface area contributed by atoms with Crippen LogP contribution in [0.15, 0.2) is 14.3 Å². The molecule has 0 saturated heterocycles. The normalized spacial score (nSPS) is 12.2. The van der Waals surface area contributed by atoms with E-state index in [4.69, 9.17) is 10.2 Å². The van der Waals surface area contributed by atoms with Gasteiger partial charge < -0.3 is 15.5 Å². The summed E-state index contributed by atoms with van der Waals surface area (Å²) in [7, 11) is 0. The number of hydrogen-bond acceptors (Lipinski definition) is 4. The minimum atomic E-state index is -1.59. The number of aliphatic carboxylic acids is 1. The Morgan fingerprint density at radius 1 is 1.50 bits per heavy atom. The maximum absolute atomic E-state index is 11.5. The van der Waals surface area contributed by atoms with Gasteiger partial charge in [-0.2, -0.15) is 0 Å². The quantitative estimate of drug-likeness (QED) is 0.746. The molecule has 5 nitrogen and oxygen atoms in total. The zero-order valence-corrected chi connectivity index (χ0v) is 11.7. The molecule has 8 heteroatoms. The lowest BCUT2D eigenvalue weighted by Gasteiger charge is -2.06. The molecule has 1 aromatic heterocycles. The van der Waals surface area contributed by atoms with Crippen molar-refractivity contribution in [1.82, 2.24) is 5.32 Å². The highest BCUT2D eigenvalue weighted by atomic mass is 79.9. The molecule has 16 heavy (non-hydrogen) atoms. The van der Waals surface area contributed by atoms with Gasteiger partial charge in [0.05, 0.1) is 15.2 Å². The van der Waals surface area contributed by atoms with E-state index >= 15 is 0 Å². The lowest BCUT2D eigenvalue weighted by Crippen LogP contribution is -2.36. The Morgan fingerprint density at radius 3 is 2.56 bits per heavy atom. The molecule has 0 aliphatic rings. The van der Waals surface area contributed by atoms with Crippen molar-refractivity contribution < 1.29 is 19.8 Å². The van der Waals surface area contributed by atoms with Crippen LogP contribution in [-0.4, -0.2) is 34.7 Å². The second kappa shape index (κ2) is 5.76. The minimum absolute atomic E-state index is 0.318. The second-order valence-corrected chi connectivity index (χ2v) is 6.02. The summed E-state index contributed by atoms with van der Waals surface area (Å²) >= 11 is 7.67. The van der Waals surface area contributed by atoms with E-state index < -0.39 is 18.0 Å². The maximum Gasteiger partial charge on any atom is 0.334 e. The highest BCUT2D eigenvalue weighted by Gasteiger charge is 2.16. The molecule has 88 valence electrons. The Balaban J connectivity index is 2.56. The molecule has 1 heterocycles. The van der Waals surface area contributed by atoms with Gasteiger partial charge in [-0.3, -0.25) is 4.79 Å². The molecule has 3 N–H and O–H groups in total. The fraction of sp³-hybridized carbons (Fsp3) is 0.250. The number of carboxylic acid groups (broad SMARTS) is 1. The molecule has 0 saturated carbocycles. The first-order chi connectivity index (χ1) is 7.41. The van der Waals surface area contributed by atoms with Crippen molar-refractivity contribution in [2.45, 2.75) is 6.10 Å². The van der Waals surface area contributed by atoms with Gasteiger partial charge in [-0.1, -0.05) is 0 Å². The van der Waals surface area contributed by atoms with Gasteiger partial charge >= 0.3 is 5.97 Å². The fourth-order valence-electron chi connectivity index (χ4n) is 0.822. The summed E-state index contributed by atoms with van der Waals surface area (Å²) in [6, 6.07) is 1.61. The Morgan fingerprint density at radius 2 is 2.12 bits per heavy atom. The third-order valence-corrected chi connectivity index (χ3v) is 4.86. The Bertz CT molecular complexity index is 401. The van der Waals surface area contributed by atoms with E-state index in [0.29, 0.717) is 4.88 Å². The molecule has 1 atom stereocenters. The van der Waals surface area contributed by atoms with Crippen molar-refractivity contribution in [3.8, 4) is 0 Å². The summed E-state index contributed by atoms with van der Waals surface area (Å²) in [5, 5.41) is 19.7. The smallest absolute Gasteiger partial charge is 0.334 e. The molecule has 0 spiro atoms. The van der Waals surface area contributed by atoms with Gasteiger partial charge in [-0.05, 0) is 37.9 Å². The number of nitrogens with one attached hydrogen (secondary N) is 1. The van der Waals surface area contributed by atoms with Crippen LogP contribution in [0.2, 0.25) is 0 Å². The number of aliphatic hydroxyl groups is 1. The summed E-state index contributed by atoms with van der Waals surface area (Å²) in [6.45, 7) is -0.318. The van der Waals surface area contributed by atoms with E-state index in [-0.39, 0.29) is 6.54 Å². The summed E-state index contributed by atoms with van der Waals surface area (Å²) < 4.78 is 1.53. The lowest BCUT2D eigenvalue weighted by molar-refractivity contribution is -0.146. The monoisotopic (exact) mass is 371 g/mol. The zero-order chi connectivity index (χ0) is 12.3. The van der Waals surface area contributed by atoms with E-state index in [1.54, 1.807) is 6.07 Å². The average molecular weight is 373 g/mol. The van der Waals surface area contributed by atoms with Crippen LogP contribution in [0, 0.1) is 0 Å². The van der Waals surface area contributed by atoms with Crippen molar-refractivity contribution in [2.24, 2.45) is 0 Å². The van der Waals surface area contributed by atoms with Gasteiger partial charge in [0.15, 0.2) is 6.10 Å². The first-order valence-corrected chi connectivity index (χ1v) is 6.46. The van der Waals surface area contributed by atoms with Crippen molar-refractivity contribution in [3.63, 3.8) is 0 Å². The summed E-state index contributed by atoms with van der Waals surface area (Å²) in [6.07, 6.45) is -1.59. The summed E-state index contributed by atoms with van der Waals surface area (Å²) in [4.78, 5) is 22.2. The Labute approximate surface area is 112 Å². The van der Waals surface area contributed by atoms with Gasteiger partial charge in [0.25, 0.3) is 5.91 Å². The molecule has 1 aromatic rings. The molecule has 0 aliphatic heterocycles. The molecule has 0 aliphatic carbocycles. The number of halogens is 2. The molecule has 0 aromatic carbocycles. The lowest BCUT2D eigenvalue weighted by atomic mass is 10.3. The van der Waals surface area contributed by atoms with Gasteiger partial charge in [0.1, 0.15) is 0 Å². The molecule has 1 amide bonds. The number of carbonyl (C=O) groups excluding carboxylic acids is 1. The molecule has 0 radical (unpaired) electrons. The van der Waals surface area contributed by atoms with Crippen LogP contribution in [0.5, 0.6) is 0 Å². The molecule has 1 rings (SSSR count). The largest absolute Gasteiger partial charge is 0.479 e. The van der Waals surface area contributed by atoms with Crippen molar-refractivity contribution in [2.75, 3.05) is 6.54 Å². The van der Waals surface area contributed by atoms with Crippen LogP contribution in [-0.2, 0) is 4.79 Å². The van der Waals surface area contributed by atoms with E-state index in [2.05, 4.69) is 37.2 Å². The van der Waals surface area contributed by atoms with E-state index in [1.807, 2.05) is 0 Å². The summed E-state index contributed by atoms with van der Waals surface area (Å²) in [5.41, 5.74) is 0.